The third kappa shape index (κ3) is 2.32. The Bertz CT molecular complexity index is 781. The summed E-state index contributed by atoms with van der Waals surface area (Å²) in [5.41, 5.74) is 1.73. The van der Waals surface area contributed by atoms with Gasteiger partial charge < -0.3 is 5.32 Å². The van der Waals surface area contributed by atoms with Crippen LogP contribution in [-0.4, -0.2) is 26.1 Å². The first-order valence-corrected chi connectivity index (χ1v) is 8.97. The highest BCUT2D eigenvalue weighted by molar-refractivity contribution is 5.96. The van der Waals surface area contributed by atoms with Gasteiger partial charge in [-0.1, -0.05) is 18.6 Å². The zero-order valence-electron chi connectivity index (χ0n) is 13.6. The Labute approximate surface area is 140 Å². The second-order valence-electron chi connectivity index (χ2n) is 7.49. The van der Waals surface area contributed by atoms with Gasteiger partial charge in [-0.2, -0.15) is 0 Å². The number of hydrogen-bond donors (Lipinski definition) is 1. The summed E-state index contributed by atoms with van der Waals surface area (Å²) < 4.78 is 1.89. The second-order valence-corrected chi connectivity index (χ2v) is 7.49. The molecule has 2 aromatic rings. The molecule has 6 nitrogen and oxygen atoms in total. The molecule has 3 aliphatic carbocycles. The molecule has 1 heterocycles. The Morgan fingerprint density at radius 1 is 1.12 bits per heavy atom. The van der Waals surface area contributed by atoms with Crippen LogP contribution in [0.4, 0.5) is 5.69 Å². The van der Waals surface area contributed by atoms with E-state index >= 15 is 0 Å². The maximum Gasteiger partial charge on any atom is 0.227 e. The number of amides is 1. The van der Waals surface area contributed by atoms with Crippen molar-refractivity contribution in [1.82, 2.24) is 20.2 Å². The van der Waals surface area contributed by atoms with Gasteiger partial charge in [0.25, 0.3) is 0 Å². The molecule has 1 N–H and O–H groups in total. The number of hydrogen-bond acceptors (Lipinski definition) is 4. The maximum atomic E-state index is 12.8. The molecule has 3 saturated carbocycles. The number of benzene rings is 1. The molecular weight excluding hydrogens is 302 g/mol. The van der Waals surface area contributed by atoms with Crippen LogP contribution in [0.25, 0.3) is 11.4 Å². The van der Waals surface area contributed by atoms with Gasteiger partial charge in [0.05, 0.1) is 11.7 Å². The monoisotopic (exact) mass is 323 g/mol. The molecule has 3 atom stereocenters. The SMILES string of the molecule is O=C(Nc1ccccc1-c1nnnn1C1CC1)C1CC2CCC1C2. The van der Waals surface area contributed by atoms with Crippen molar-refractivity contribution in [2.45, 2.75) is 44.6 Å². The highest BCUT2D eigenvalue weighted by Gasteiger charge is 2.43. The minimum atomic E-state index is 0.167. The number of fused-ring (bicyclic) bond motifs is 2. The Morgan fingerprint density at radius 2 is 2.00 bits per heavy atom. The first-order valence-electron chi connectivity index (χ1n) is 8.97. The quantitative estimate of drug-likeness (QED) is 0.938. The van der Waals surface area contributed by atoms with E-state index in [0.717, 1.165) is 42.3 Å². The summed E-state index contributed by atoms with van der Waals surface area (Å²) in [4.78, 5) is 12.8. The Kier molecular flexibility index (Phi) is 3.18. The standard InChI is InChI=1S/C18H21N5O/c24-18(15-10-11-5-6-12(15)9-11)19-16-4-2-1-3-14(16)17-20-21-22-23(17)13-7-8-13/h1-4,11-13,15H,5-10H2,(H,19,24). The van der Waals surface area contributed by atoms with Crippen LogP contribution in [0.2, 0.25) is 0 Å². The van der Waals surface area contributed by atoms with E-state index in [1.165, 1.54) is 19.3 Å². The number of nitrogens with one attached hydrogen (secondary N) is 1. The fourth-order valence-electron chi connectivity index (χ4n) is 4.51. The molecule has 0 spiro atoms. The number of aromatic nitrogens is 4. The van der Waals surface area contributed by atoms with Crippen molar-refractivity contribution in [1.29, 1.82) is 0 Å². The summed E-state index contributed by atoms with van der Waals surface area (Å²) in [5, 5.41) is 15.3. The normalized spacial score (nSPS) is 28.2. The van der Waals surface area contributed by atoms with E-state index in [1.54, 1.807) is 0 Å². The lowest BCUT2D eigenvalue weighted by Crippen LogP contribution is -2.27. The van der Waals surface area contributed by atoms with Crippen molar-refractivity contribution in [2.75, 3.05) is 5.32 Å². The van der Waals surface area contributed by atoms with Gasteiger partial charge in [-0.25, -0.2) is 4.68 Å². The van der Waals surface area contributed by atoms with E-state index in [4.69, 9.17) is 0 Å². The van der Waals surface area contributed by atoms with Gasteiger partial charge in [0.15, 0.2) is 5.82 Å². The van der Waals surface area contributed by atoms with Gasteiger partial charge in [0.2, 0.25) is 5.91 Å². The second kappa shape index (κ2) is 5.40. The van der Waals surface area contributed by atoms with E-state index in [-0.39, 0.29) is 11.8 Å². The molecule has 1 aromatic carbocycles. The number of rotatable bonds is 4. The number of para-hydroxylation sites is 1. The van der Waals surface area contributed by atoms with E-state index in [9.17, 15) is 4.79 Å². The lowest BCUT2D eigenvalue weighted by molar-refractivity contribution is -0.121. The van der Waals surface area contributed by atoms with Crippen LogP contribution in [-0.2, 0) is 4.79 Å². The molecule has 3 unspecified atom stereocenters. The van der Waals surface area contributed by atoms with Crippen molar-refractivity contribution >= 4 is 11.6 Å². The van der Waals surface area contributed by atoms with Crippen molar-refractivity contribution < 1.29 is 4.79 Å². The largest absolute Gasteiger partial charge is 0.325 e. The first kappa shape index (κ1) is 14.1. The number of carbonyl (C=O) groups is 1. The van der Waals surface area contributed by atoms with Gasteiger partial charge in [-0.3, -0.25) is 4.79 Å². The zero-order valence-corrected chi connectivity index (χ0v) is 13.6. The average Bonchev–Trinajstić information content (AvgIpc) is 3.02. The number of carbonyl (C=O) groups excluding carboxylic acids is 1. The van der Waals surface area contributed by atoms with Crippen LogP contribution >= 0.6 is 0 Å². The molecule has 1 aromatic heterocycles. The average molecular weight is 323 g/mol. The van der Waals surface area contributed by atoms with Crippen LogP contribution < -0.4 is 5.32 Å². The van der Waals surface area contributed by atoms with Crippen LogP contribution in [0.3, 0.4) is 0 Å². The summed E-state index contributed by atoms with van der Waals surface area (Å²) >= 11 is 0. The van der Waals surface area contributed by atoms with Crippen LogP contribution in [0.15, 0.2) is 24.3 Å². The third-order valence-corrected chi connectivity index (χ3v) is 5.89. The zero-order chi connectivity index (χ0) is 16.1. The molecule has 24 heavy (non-hydrogen) atoms. The maximum absolute atomic E-state index is 12.8. The summed E-state index contributed by atoms with van der Waals surface area (Å²) in [5.74, 6) is 2.44. The molecule has 0 saturated heterocycles. The van der Waals surface area contributed by atoms with Crippen LogP contribution in [0.1, 0.15) is 44.6 Å². The smallest absolute Gasteiger partial charge is 0.227 e. The molecule has 3 fully saturated rings. The summed E-state index contributed by atoms with van der Waals surface area (Å²) in [6, 6.07) is 8.26. The summed E-state index contributed by atoms with van der Waals surface area (Å²) in [6.45, 7) is 0. The third-order valence-electron chi connectivity index (χ3n) is 5.89. The number of nitrogens with zero attached hydrogens (tertiary/aromatic N) is 4. The van der Waals surface area contributed by atoms with Crippen molar-refractivity contribution in [3.63, 3.8) is 0 Å². The van der Waals surface area contributed by atoms with Gasteiger partial charge in [0, 0.05) is 11.5 Å². The lowest BCUT2D eigenvalue weighted by atomic mass is 9.88. The fourth-order valence-corrected chi connectivity index (χ4v) is 4.51. The minimum absolute atomic E-state index is 0.167. The lowest BCUT2D eigenvalue weighted by Gasteiger charge is -2.21. The van der Waals surface area contributed by atoms with Crippen LogP contribution in [0, 0.1) is 17.8 Å². The molecule has 1 amide bonds. The molecule has 6 heteroatoms. The number of tetrazole rings is 1. The van der Waals surface area contributed by atoms with E-state index in [2.05, 4.69) is 20.8 Å². The van der Waals surface area contributed by atoms with E-state index in [0.29, 0.717) is 12.0 Å². The fraction of sp³-hybridized carbons (Fsp3) is 0.556. The molecule has 2 bridgehead atoms. The van der Waals surface area contributed by atoms with Crippen LogP contribution in [0.5, 0.6) is 0 Å². The highest BCUT2D eigenvalue weighted by Crippen LogP contribution is 2.48. The predicted molar refractivity (Wildman–Crippen MR) is 89.1 cm³/mol. The van der Waals surface area contributed by atoms with E-state index in [1.807, 2.05) is 28.9 Å². The molecule has 0 aliphatic heterocycles. The van der Waals surface area contributed by atoms with E-state index < -0.39 is 0 Å². The predicted octanol–water partition coefficient (Wildman–Crippen LogP) is 3.05. The van der Waals surface area contributed by atoms with Crippen molar-refractivity contribution in [2.24, 2.45) is 17.8 Å². The van der Waals surface area contributed by atoms with Crippen molar-refractivity contribution in [3.05, 3.63) is 24.3 Å². The highest BCUT2D eigenvalue weighted by atomic mass is 16.1. The Hall–Kier alpha value is -2.24. The molecule has 3 aliphatic rings. The Balaban J connectivity index is 1.42. The molecule has 0 radical (unpaired) electrons. The first-order chi connectivity index (χ1) is 11.8. The van der Waals surface area contributed by atoms with Gasteiger partial charge in [-0.15, -0.1) is 5.10 Å². The Morgan fingerprint density at radius 3 is 2.75 bits per heavy atom. The van der Waals surface area contributed by atoms with Gasteiger partial charge in [0.1, 0.15) is 0 Å². The minimum Gasteiger partial charge on any atom is -0.325 e. The molecule has 124 valence electrons. The summed E-state index contributed by atoms with van der Waals surface area (Å²) in [6.07, 6.45) is 7.05. The topological polar surface area (TPSA) is 72.7 Å². The van der Waals surface area contributed by atoms with Crippen molar-refractivity contribution in [3.8, 4) is 11.4 Å². The van der Waals surface area contributed by atoms with Gasteiger partial charge in [-0.05, 0) is 66.5 Å². The number of anilines is 1. The summed E-state index contributed by atoms with van der Waals surface area (Å²) in [7, 11) is 0. The van der Waals surface area contributed by atoms with Gasteiger partial charge >= 0.3 is 0 Å². The molecular formula is C18H21N5O. The molecule has 5 rings (SSSR count).